The van der Waals surface area contributed by atoms with Gasteiger partial charge in [0.05, 0.1) is 6.61 Å². The van der Waals surface area contributed by atoms with Gasteiger partial charge in [-0.05, 0) is 51.0 Å². The fraction of sp³-hybridized carbons (Fsp3) is 0.579. The Labute approximate surface area is 149 Å². The number of hydrogen-bond donors (Lipinski definition) is 2. The van der Waals surface area contributed by atoms with Crippen molar-refractivity contribution in [2.45, 2.75) is 58.5 Å². The van der Waals surface area contributed by atoms with Gasteiger partial charge in [0.1, 0.15) is 11.5 Å². The number of benzene rings is 1. The van der Waals surface area contributed by atoms with Crippen LogP contribution in [0.25, 0.3) is 0 Å². The molecule has 6 heteroatoms. The van der Waals surface area contributed by atoms with Crippen molar-refractivity contribution in [3.8, 4) is 11.5 Å². The Morgan fingerprint density at radius 2 is 1.64 bits per heavy atom. The van der Waals surface area contributed by atoms with E-state index in [2.05, 4.69) is 10.9 Å². The van der Waals surface area contributed by atoms with Crippen LogP contribution in [0.1, 0.15) is 52.4 Å². The minimum Gasteiger partial charge on any atom is -0.494 e. The van der Waals surface area contributed by atoms with Crippen LogP contribution in [0.5, 0.6) is 11.5 Å². The van der Waals surface area contributed by atoms with Crippen molar-refractivity contribution >= 4 is 11.8 Å². The maximum atomic E-state index is 12.2. The molecule has 1 aliphatic carbocycles. The van der Waals surface area contributed by atoms with Gasteiger partial charge in [0.15, 0.2) is 6.10 Å². The Morgan fingerprint density at radius 1 is 1.04 bits per heavy atom. The van der Waals surface area contributed by atoms with E-state index in [1.165, 1.54) is 12.8 Å². The first-order valence-corrected chi connectivity index (χ1v) is 9.09. The van der Waals surface area contributed by atoms with E-state index in [1.807, 2.05) is 6.92 Å². The van der Waals surface area contributed by atoms with Crippen LogP contribution in [0.3, 0.4) is 0 Å². The van der Waals surface area contributed by atoms with Gasteiger partial charge < -0.3 is 9.47 Å². The smallest absolute Gasteiger partial charge is 0.279 e. The molecule has 1 saturated carbocycles. The van der Waals surface area contributed by atoms with Gasteiger partial charge in [-0.1, -0.05) is 25.7 Å². The maximum Gasteiger partial charge on any atom is 0.279 e. The van der Waals surface area contributed by atoms with Crippen LogP contribution < -0.4 is 20.3 Å². The zero-order valence-electron chi connectivity index (χ0n) is 15.0. The number of carbonyl (C=O) groups is 2. The van der Waals surface area contributed by atoms with E-state index in [9.17, 15) is 9.59 Å². The molecule has 1 aliphatic rings. The molecule has 2 amide bonds. The molecular formula is C19H28N2O4. The molecule has 0 spiro atoms. The summed E-state index contributed by atoms with van der Waals surface area (Å²) in [6.07, 6.45) is 5.57. The van der Waals surface area contributed by atoms with Crippen molar-refractivity contribution in [1.82, 2.24) is 10.9 Å². The molecule has 1 atom stereocenters. The van der Waals surface area contributed by atoms with Crippen molar-refractivity contribution in [1.29, 1.82) is 0 Å². The molecule has 1 fully saturated rings. The molecule has 25 heavy (non-hydrogen) atoms. The summed E-state index contributed by atoms with van der Waals surface area (Å²) >= 11 is 0. The van der Waals surface area contributed by atoms with Crippen LogP contribution >= 0.6 is 0 Å². The zero-order chi connectivity index (χ0) is 18.1. The SMILES string of the molecule is CCOc1ccc(OC(C)C(=O)NNC(=O)C2CCCCCC2)cc1. The van der Waals surface area contributed by atoms with Crippen LogP contribution in [0.2, 0.25) is 0 Å². The van der Waals surface area contributed by atoms with Crippen molar-refractivity contribution in [3.63, 3.8) is 0 Å². The molecular weight excluding hydrogens is 320 g/mol. The molecule has 0 heterocycles. The van der Waals surface area contributed by atoms with E-state index in [4.69, 9.17) is 9.47 Å². The van der Waals surface area contributed by atoms with Gasteiger partial charge in [-0.3, -0.25) is 20.4 Å². The summed E-state index contributed by atoms with van der Waals surface area (Å²) in [4.78, 5) is 24.3. The van der Waals surface area contributed by atoms with E-state index in [0.717, 1.165) is 31.4 Å². The van der Waals surface area contributed by atoms with E-state index in [1.54, 1.807) is 31.2 Å². The number of hydrogen-bond acceptors (Lipinski definition) is 4. The van der Waals surface area contributed by atoms with Crippen LogP contribution in [-0.4, -0.2) is 24.5 Å². The summed E-state index contributed by atoms with van der Waals surface area (Å²) in [5.41, 5.74) is 5.00. The molecule has 138 valence electrons. The maximum absolute atomic E-state index is 12.2. The standard InChI is InChI=1S/C19H28N2O4/c1-3-24-16-10-12-17(13-11-16)25-14(2)18(22)20-21-19(23)15-8-6-4-5-7-9-15/h10-15H,3-9H2,1-2H3,(H,20,22)(H,21,23). The molecule has 0 aliphatic heterocycles. The van der Waals surface area contributed by atoms with Crippen molar-refractivity contribution in [3.05, 3.63) is 24.3 Å². The highest BCUT2D eigenvalue weighted by atomic mass is 16.5. The third kappa shape index (κ3) is 6.29. The molecule has 0 aromatic heterocycles. The second-order valence-electron chi connectivity index (χ2n) is 6.33. The third-order valence-corrected chi connectivity index (χ3v) is 4.35. The Hall–Kier alpha value is -2.24. The van der Waals surface area contributed by atoms with Gasteiger partial charge in [-0.15, -0.1) is 0 Å². The molecule has 2 rings (SSSR count). The largest absolute Gasteiger partial charge is 0.494 e. The van der Waals surface area contributed by atoms with Gasteiger partial charge >= 0.3 is 0 Å². The highest BCUT2D eigenvalue weighted by Gasteiger charge is 2.21. The van der Waals surface area contributed by atoms with Crippen molar-refractivity contribution in [2.75, 3.05) is 6.61 Å². The summed E-state index contributed by atoms with van der Waals surface area (Å²) in [7, 11) is 0. The monoisotopic (exact) mass is 348 g/mol. The summed E-state index contributed by atoms with van der Waals surface area (Å²) in [6.45, 7) is 4.16. The number of hydrazine groups is 1. The lowest BCUT2D eigenvalue weighted by Crippen LogP contribution is -2.49. The van der Waals surface area contributed by atoms with Gasteiger partial charge in [-0.2, -0.15) is 0 Å². The lowest BCUT2D eigenvalue weighted by molar-refractivity contribution is -0.134. The van der Waals surface area contributed by atoms with Gasteiger partial charge in [0, 0.05) is 5.92 Å². The molecule has 6 nitrogen and oxygen atoms in total. The average molecular weight is 348 g/mol. The van der Waals surface area contributed by atoms with Crippen molar-refractivity contribution in [2.24, 2.45) is 5.92 Å². The predicted molar refractivity (Wildman–Crippen MR) is 95.2 cm³/mol. The number of carbonyl (C=O) groups excluding carboxylic acids is 2. The second-order valence-corrected chi connectivity index (χ2v) is 6.33. The van der Waals surface area contributed by atoms with Crippen LogP contribution in [0.15, 0.2) is 24.3 Å². The topological polar surface area (TPSA) is 76.7 Å². The summed E-state index contributed by atoms with van der Waals surface area (Å²) in [6, 6.07) is 7.08. The third-order valence-electron chi connectivity index (χ3n) is 4.35. The number of amides is 2. The van der Waals surface area contributed by atoms with Gasteiger partial charge in [0.25, 0.3) is 5.91 Å². The van der Waals surface area contributed by atoms with E-state index < -0.39 is 6.10 Å². The number of rotatable bonds is 6. The Kier molecular flexibility index (Phi) is 7.57. The molecule has 1 aromatic rings. The molecule has 1 aromatic carbocycles. The first kappa shape index (κ1) is 19.1. The van der Waals surface area contributed by atoms with Crippen LogP contribution in [0.4, 0.5) is 0 Å². The van der Waals surface area contributed by atoms with Crippen LogP contribution in [0, 0.1) is 5.92 Å². The fourth-order valence-corrected chi connectivity index (χ4v) is 2.91. The Morgan fingerprint density at radius 3 is 2.24 bits per heavy atom. The summed E-state index contributed by atoms with van der Waals surface area (Å²) in [5.74, 6) is 0.827. The number of ether oxygens (including phenoxy) is 2. The lowest BCUT2D eigenvalue weighted by Gasteiger charge is -2.18. The predicted octanol–water partition coefficient (Wildman–Crippen LogP) is 2.97. The molecule has 1 unspecified atom stereocenters. The molecule has 0 bridgehead atoms. The fourth-order valence-electron chi connectivity index (χ4n) is 2.91. The van der Waals surface area contributed by atoms with Gasteiger partial charge in [0.2, 0.25) is 5.91 Å². The number of nitrogens with one attached hydrogen (secondary N) is 2. The lowest BCUT2D eigenvalue weighted by atomic mass is 10.00. The minimum atomic E-state index is -0.715. The zero-order valence-corrected chi connectivity index (χ0v) is 15.0. The first-order chi connectivity index (χ1) is 12.1. The molecule has 0 saturated heterocycles. The Bertz CT molecular complexity index is 551. The highest BCUT2D eigenvalue weighted by Crippen LogP contribution is 2.22. The van der Waals surface area contributed by atoms with E-state index in [-0.39, 0.29) is 17.7 Å². The van der Waals surface area contributed by atoms with Crippen molar-refractivity contribution < 1.29 is 19.1 Å². The second kappa shape index (κ2) is 9.91. The minimum absolute atomic E-state index is 0.00913. The first-order valence-electron chi connectivity index (χ1n) is 9.09. The summed E-state index contributed by atoms with van der Waals surface area (Å²) in [5, 5.41) is 0. The van der Waals surface area contributed by atoms with Gasteiger partial charge in [-0.25, -0.2) is 0 Å². The molecule has 2 N–H and O–H groups in total. The van der Waals surface area contributed by atoms with E-state index >= 15 is 0 Å². The molecule has 0 radical (unpaired) electrons. The Balaban J connectivity index is 1.76. The average Bonchev–Trinajstić information content (AvgIpc) is 2.90. The van der Waals surface area contributed by atoms with Crippen LogP contribution in [-0.2, 0) is 9.59 Å². The summed E-state index contributed by atoms with van der Waals surface area (Å²) < 4.78 is 11.0. The highest BCUT2D eigenvalue weighted by molar-refractivity contribution is 5.85. The van der Waals surface area contributed by atoms with E-state index in [0.29, 0.717) is 12.4 Å². The normalized spacial score (nSPS) is 16.4. The quantitative estimate of drug-likeness (QED) is 0.612.